The quantitative estimate of drug-likeness (QED) is 0.372. The first-order chi connectivity index (χ1) is 22.8. The molecule has 2 saturated heterocycles. The van der Waals surface area contributed by atoms with Crippen LogP contribution in [0.15, 0.2) is 54.7 Å². The Kier molecular flexibility index (Phi) is 9.08. The molecule has 2 amide bonds. The number of carbonyl (C=O) groups excluding carboxylic acids is 2. The number of aryl methyl sites for hydroxylation is 1. The summed E-state index contributed by atoms with van der Waals surface area (Å²) in [5.41, 5.74) is 5.73. The lowest BCUT2D eigenvalue weighted by atomic mass is 9.92. The van der Waals surface area contributed by atoms with Crippen molar-refractivity contribution >= 4 is 23.3 Å². The fraction of sp³-hybridized carbons (Fsp3) is 0.500. The highest BCUT2D eigenvalue weighted by molar-refractivity contribution is 5.96. The number of likely N-dealkylation sites (N-methyl/N-ethyl adjacent to an activating group) is 1. The Labute approximate surface area is 278 Å². The molecule has 3 aliphatic heterocycles. The van der Waals surface area contributed by atoms with Crippen molar-refractivity contribution in [2.75, 3.05) is 56.2 Å². The van der Waals surface area contributed by atoms with Crippen LogP contribution in [0.1, 0.15) is 82.5 Å². The number of piperazine rings is 1. The molecule has 2 N–H and O–H groups in total. The van der Waals surface area contributed by atoms with E-state index in [1.54, 1.807) is 6.20 Å². The van der Waals surface area contributed by atoms with Gasteiger partial charge in [0.15, 0.2) is 0 Å². The van der Waals surface area contributed by atoms with Crippen molar-refractivity contribution < 1.29 is 14.3 Å². The molecule has 4 heterocycles. The Morgan fingerprint density at radius 1 is 0.936 bits per heavy atom. The lowest BCUT2D eigenvalue weighted by molar-refractivity contribution is 0.0929. The number of hydrogen-bond donors (Lipinski definition) is 2. The highest BCUT2D eigenvalue weighted by atomic mass is 16.5. The van der Waals surface area contributed by atoms with Crippen molar-refractivity contribution in [1.29, 1.82) is 0 Å². The zero-order chi connectivity index (χ0) is 32.5. The van der Waals surface area contributed by atoms with Gasteiger partial charge < -0.3 is 30.1 Å². The van der Waals surface area contributed by atoms with Gasteiger partial charge in [0.2, 0.25) is 0 Å². The maximum atomic E-state index is 13.4. The molecule has 3 fully saturated rings. The van der Waals surface area contributed by atoms with E-state index in [1.807, 2.05) is 32.0 Å². The summed E-state index contributed by atoms with van der Waals surface area (Å²) in [5.74, 6) is 2.17. The second-order valence-corrected chi connectivity index (χ2v) is 14.0. The van der Waals surface area contributed by atoms with E-state index in [4.69, 9.17) is 9.72 Å². The average molecular weight is 637 g/mol. The molecule has 248 valence electrons. The number of nitrogens with one attached hydrogen (secondary N) is 2. The number of carbonyl (C=O) groups is 2. The van der Waals surface area contributed by atoms with Gasteiger partial charge in [-0.3, -0.25) is 9.59 Å². The van der Waals surface area contributed by atoms with Crippen LogP contribution in [0.5, 0.6) is 5.75 Å². The lowest BCUT2D eigenvalue weighted by Crippen LogP contribution is -2.44. The number of ether oxygens (including phenoxy) is 1. The standard InChI is InChI=1S/C38H48N6O3/c1-25-33(14-10-28-7-5-21-47-36(25)28)38(46)41-31-22-29-6-4-16-44(34(29)23-31)35-15-11-30(24-39-35)37(45)40-26(2)27-8-12-32(13-9-27)43-19-17-42(3)18-20-43/h8-15,24,26,29,31,34H,4-7,16-23H2,1-3H3,(H,40,45)(H,41,46)/t26-,29?,31?,34?/m0/s1. The van der Waals surface area contributed by atoms with Gasteiger partial charge in [0, 0.05) is 67.8 Å². The Bertz CT molecular complexity index is 1580. The van der Waals surface area contributed by atoms with Crippen molar-refractivity contribution in [3.05, 3.63) is 82.5 Å². The molecule has 1 aromatic heterocycles. The fourth-order valence-corrected chi connectivity index (χ4v) is 8.07. The van der Waals surface area contributed by atoms with E-state index >= 15 is 0 Å². The predicted octanol–water partition coefficient (Wildman–Crippen LogP) is 5.14. The largest absolute Gasteiger partial charge is 0.493 e. The van der Waals surface area contributed by atoms with Gasteiger partial charge in [-0.1, -0.05) is 18.2 Å². The minimum absolute atomic E-state index is 0.0108. The van der Waals surface area contributed by atoms with Gasteiger partial charge >= 0.3 is 0 Å². The van der Waals surface area contributed by atoms with Crippen LogP contribution in [0.3, 0.4) is 0 Å². The first kappa shape index (κ1) is 31.5. The number of rotatable bonds is 7. The van der Waals surface area contributed by atoms with E-state index in [2.05, 4.69) is 62.7 Å². The van der Waals surface area contributed by atoms with Crippen LogP contribution in [0, 0.1) is 12.8 Å². The molecule has 3 aromatic rings. The van der Waals surface area contributed by atoms with Crippen molar-refractivity contribution in [3.63, 3.8) is 0 Å². The molecule has 47 heavy (non-hydrogen) atoms. The van der Waals surface area contributed by atoms with Crippen molar-refractivity contribution in [2.45, 2.75) is 70.5 Å². The molecule has 2 aromatic carbocycles. The van der Waals surface area contributed by atoms with Gasteiger partial charge in [-0.25, -0.2) is 4.98 Å². The van der Waals surface area contributed by atoms with Gasteiger partial charge in [0.25, 0.3) is 11.8 Å². The number of nitrogens with zero attached hydrogens (tertiary/aromatic N) is 4. The molecular formula is C38H48N6O3. The molecule has 9 nitrogen and oxygen atoms in total. The molecule has 4 aliphatic rings. The van der Waals surface area contributed by atoms with Crippen molar-refractivity contribution in [1.82, 2.24) is 20.5 Å². The fourth-order valence-electron chi connectivity index (χ4n) is 8.07. The molecule has 0 bridgehead atoms. The van der Waals surface area contributed by atoms with Crippen LogP contribution in [0.2, 0.25) is 0 Å². The van der Waals surface area contributed by atoms with Crippen molar-refractivity contribution in [3.8, 4) is 5.75 Å². The van der Waals surface area contributed by atoms with E-state index in [0.717, 1.165) is 93.9 Å². The molecule has 0 radical (unpaired) electrons. The number of anilines is 2. The Morgan fingerprint density at radius 3 is 2.51 bits per heavy atom. The zero-order valence-electron chi connectivity index (χ0n) is 28.0. The van der Waals surface area contributed by atoms with E-state index in [9.17, 15) is 9.59 Å². The number of hydrogen-bond acceptors (Lipinski definition) is 7. The number of pyridine rings is 1. The molecule has 9 heteroatoms. The summed E-state index contributed by atoms with van der Waals surface area (Å²) in [6.07, 6.45) is 7.85. The first-order valence-corrected chi connectivity index (χ1v) is 17.5. The molecule has 1 saturated carbocycles. The van der Waals surface area contributed by atoms with Crippen LogP contribution in [0.25, 0.3) is 0 Å². The van der Waals surface area contributed by atoms with Crippen LogP contribution in [0.4, 0.5) is 11.5 Å². The summed E-state index contributed by atoms with van der Waals surface area (Å²) in [6.45, 7) is 9.88. The van der Waals surface area contributed by atoms with Crippen LogP contribution in [-0.4, -0.2) is 80.2 Å². The average Bonchev–Trinajstić information content (AvgIpc) is 3.51. The topological polar surface area (TPSA) is 90.0 Å². The molecule has 4 atom stereocenters. The summed E-state index contributed by atoms with van der Waals surface area (Å²) in [7, 11) is 2.17. The Balaban J connectivity index is 0.950. The van der Waals surface area contributed by atoms with Gasteiger partial charge in [0.05, 0.1) is 18.2 Å². The van der Waals surface area contributed by atoms with Crippen molar-refractivity contribution in [2.24, 2.45) is 5.92 Å². The minimum Gasteiger partial charge on any atom is -0.493 e. The Morgan fingerprint density at radius 2 is 1.74 bits per heavy atom. The highest BCUT2D eigenvalue weighted by Gasteiger charge is 2.41. The van der Waals surface area contributed by atoms with Crippen LogP contribution in [-0.2, 0) is 6.42 Å². The zero-order valence-corrected chi connectivity index (χ0v) is 28.0. The molecule has 1 aliphatic carbocycles. The number of benzene rings is 2. The van der Waals surface area contributed by atoms with Crippen LogP contribution >= 0.6 is 0 Å². The summed E-state index contributed by atoms with van der Waals surface area (Å²) in [6, 6.07) is 16.8. The number of amides is 2. The second kappa shape index (κ2) is 13.6. The maximum absolute atomic E-state index is 13.4. The summed E-state index contributed by atoms with van der Waals surface area (Å²) in [4.78, 5) is 38.5. The second-order valence-electron chi connectivity index (χ2n) is 14.0. The van der Waals surface area contributed by atoms with E-state index in [1.165, 1.54) is 11.3 Å². The summed E-state index contributed by atoms with van der Waals surface area (Å²) < 4.78 is 5.92. The molecule has 0 spiro atoms. The van der Waals surface area contributed by atoms with Gasteiger partial charge in [-0.05, 0) is 107 Å². The van der Waals surface area contributed by atoms with E-state index in [-0.39, 0.29) is 23.9 Å². The highest BCUT2D eigenvalue weighted by Crippen LogP contribution is 2.39. The van der Waals surface area contributed by atoms with Gasteiger partial charge in [0.1, 0.15) is 11.6 Å². The smallest absolute Gasteiger partial charge is 0.253 e. The monoisotopic (exact) mass is 636 g/mol. The summed E-state index contributed by atoms with van der Waals surface area (Å²) >= 11 is 0. The Hall–Kier alpha value is -4.11. The normalized spacial score (nSPS) is 23.3. The minimum atomic E-state index is -0.122. The predicted molar refractivity (Wildman–Crippen MR) is 186 cm³/mol. The third kappa shape index (κ3) is 6.68. The number of aromatic nitrogens is 1. The SMILES string of the molecule is Cc1c(C(=O)NC2CC3CCCN(c4ccc(C(=O)N[C@@H](C)c5ccc(N6CCN(C)CC6)cc5)cn4)C3C2)ccc2c1OCCC2. The molecule has 7 rings (SSSR count). The molecular weight excluding hydrogens is 588 g/mol. The van der Waals surface area contributed by atoms with E-state index in [0.29, 0.717) is 29.7 Å². The number of piperidine rings is 1. The number of fused-ring (bicyclic) bond motifs is 2. The summed E-state index contributed by atoms with van der Waals surface area (Å²) in [5, 5.41) is 6.50. The third-order valence-electron chi connectivity index (χ3n) is 10.8. The van der Waals surface area contributed by atoms with Gasteiger partial charge in [-0.2, -0.15) is 0 Å². The van der Waals surface area contributed by atoms with E-state index < -0.39 is 0 Å². The van der Waals surface area contributed by atoms with Gasteiger partial charge in [-0.15, -0.1) is 0 Å². The van der Waals surface area contributed by atoms with Crippen LogP contribution < -0.4 is 25.2 Å². The maximum Gasteiger partial charge on any atom is 0.253 e. The first-order valence-electron chi connectivity index (χ1n) is 17.5. The third-order valence-corrected chi connectivity index (χ3v) is 10.8. The lowest BCUT2D eigenvalue weighted by Gasteiger charge is -2.38. The molecule has 3 unspecified atom stereocenters.